The molecule has 0 spiro atoms. The third-order valence-electron chi connectivity index (χ3n) is 2.96. The molecule has 3 nitrogen and oxygen atoms in total. The minimum Gasteiger partial charge on any atom is -0.371 e. The van der Waals surface area contributed by atoms with Crippen LogP contribution in [0.15, 0.2) is 18.2 Å². The van der Waals surface area contributed by atoms with E-state index in [0.29, 0.717) is 0 Å². The molecule has 80 valence electrons. The van der Waals surface area contributed by atoms with E-state index in [1.807, 2.05) is 18.2 Å². The van der Waals surface area contributed by atoms with Gasteiger partial charge in [-0.1, -0.05) is 0 Å². The van der Waals surface area contributed by atoms with Gasteiger partial charge < -0.3 is 10.6 Å². The van der Waals surface area contributed by atoms with Crippen molar-refractivity contribution in [3.63, 3.8) is 0 Å². The fraction of sp³-hybridized carbons (Fsp3) is 0.417. The lowest BCUT2D eigenvalue weighted by Gasteiger charge is -2.16. The summed E-state index contributed by atoms with van der Waals surface area (Å²) >= 11 is 0. The van der Waals surface area contributed by atoms with Crippen LogP contribution < -0.4 is 10.6 Å². The SMILES string of the molecule is CCN1CCc2cc(C(=O)CN)ccc21. The predicted octanol–water partition coefficient (Wildman–Crippen LogP) is 1.21. The van der Waals surface area contributed by atoms with Crippen molar-refractivity contribution in [1.82, 2.24) is 0 Å². The molecule has 1 heterocycles. The number of benzene rings is 1. The van der Waals surface area contributed by atoms with Crippen molar-refractivity contribution < 1.29 is 4.79 Å². The van der Waals surface area contributed by atoms with Crippen LogP contribution in [0.2, 0.25) is 0 Å². The molecule has 0 atom stereocenters. The van der Waals surface area contributed by atoms with Crippen molar-refractivity contribution in [3.05, 3.63) is 29.3 Å². The van der Waals surface area contributed by atoms with E-state index in [1.165, 1.54) is 11.3 Å². The number of carbonyl (C=O) groups excluding carboxylic acids is 1. The Kier molecular flexibility index (Phi) is 2.73. The number of hydrogen-bond donors (Lipinski definition) is 1. The fourth-order valence-corrected chi connectivity index (χ4v) is 2.09. The Labute approximate surface area is 89.9 Å². The van der Waals surface area contributed by atoms with Gasteiger partial charge in [0.2, 0.25) is 0 Å². The summed E-state index contributed by atoms with van der Waals surface area (Å²) in [6.07, 6.45) is 1.04. The molecule has 0 unspecified atom stereocenters. The van der Waals surface area contributed by atoms with E-state index < -0.39 is 0 Å². The van der Waals surface area contributed by atoms with E-state index >= 15 is 0 Å². The Balaban J connectivity index is 2.33. The zero-order valence-corrected chi connectivity index (χ0v) is 8.99. The summed E-state index contributed by atoms with van der Waals surface area (Å²) < 4.78 is 0. The zero-order chi connectivity index (χ0) is 10.8. The maximum Gasteiger partial charge on any atom is 0.176 e. The van der Waals surface area contributed by atoms with E-state index in [2.05, 4.69) is 11.8 Å². The molecule has 0 radical (unpaired) electrons. The van der Waals surface area contributed by atoms with Crippen molar-refractivity contribution in [3.8, 4) is 0 Å². The van der Waals surface area contributed by atoms with Crippen LogP contribution in [0, 0.1) is 0 Å². The van der Waals surface area contributed by atoms with E-state index in [4.69, 9.17) is 5.73 Å². The largest absolute Gasteiger partial charge is 0.371 e. The van der Waals surface area contributed by atoms with Gasteiger partial charge in [-0.2, -0.15) is 0 Å². The smallest absolute Gasteiger partial charge is 0.176 e. The van der Waals surface area contributed by atoms with Crippen LogP contribution in [-0.4, -0.2) is 25.4 Å². The highest BCUT2D eigenvalue weighted by atomic mass is 16.1. The molecule has 2 rings (SSSR count). The van der Waals surface area contributed by atoms with Crippen LogP contribution >= 0.6 is 0 Å². The predicted molar refractivity (Wildman–Crippen MR) is 61.4 cm³/mol. The van der Waals surface area contributed by atoms with Gasteiger partial charge in [0.15, 0.2) is 5.78 Å². The van der Waals surface area contributed by atoms with Crippen molar-refractivity contribution in [2.45, 2.75) is 13.3 Å². The van der Waals surface area contributed by atoms with Crippen LogP contribution in [0.4, 0.5) is 5.69 Å². The lowest BCUT2D eigenvalue weighted by atomic mass is 10.1. The summed E-state index contributed by atoms with van der Waals surface area (Å²) in [6, 6.07) is 5.90. The Hall–Kier alpha value is -1.35. The van der Waals surface area contributed by atoms with Crippen LogP contribution in [0.5, 0.6) is 0 Å². The van der Waals surface area contributed by atoms with Gasteiger partial charge in [-0.15, -0.1) is 0 Å². The first-order valence-electron chi connectivity index (χ1n) is 5.37. The number of likely N-dealkylation sites (N-methyl/N-ethyl adjacent to an activating group) is 1. The molecule has 15 heavy (non-hydrogen) atoms. The third-order valence-corrected chi connectivity index (χ3v) is 2.96. The normalized spacial score (nSPS) is 14.1. The topological polar surface area (TPSA) is 46.3 Å². The molecule has 0 fully saturated rings. The first-order valence-corrected chi connectivity index (χ1v) is 5.37. The molecule has 1 aliphatic rings. The molecule has 1 aliphatic heterocycles. The van der Waals surface area contributed by atoms with Gasteiger partial charge >= 0.3 is 0 Å². The van der Waals surface area contributed by atoms with Crippen molar-refractivity contribution in [2.24, 2.45) is 5.73 Å². The highest BCUT2D eigenvalue weighted by Crippen LogP contribution is 2.28. The van der Waals surface area contributed by atoms with Gasteiger partial charge in [-0.3, -0.25) is 4.79 Å². The molecule has 3 heteroatoms. The van der Waals surface area contributed by atoms with Crippen LogP contribution in [-0.2, 0) is 6.42 Å². The van der Waals surface area contributed by atoms with Gasteiger partial charge in [0.05, 0.1) is 6.54 Å². The minimum absolute atomic E-state index is 0.0211. The number of nitrogens with two attached hydrogens (primary N) is 1. The molecule has 0 amide bonds. The number of anilines is 1. The van der Waals surface area contributed by atoms with Crippen LogP contribution in [0.3, 0.4) is 0 Å². The number of rotatable bonds is 3. The number of nitrogens with zero attached hydrogens (tertiary/aromatic N) is 1. The second kappa shape index (κ2) is 4.03. The first-order chi connectivity index (χ1) is 7.26. The van der Waals surface area contributed by atoms with Gasteiger partial charge in [-0.05, 0) is 37.1 Å². The van der Waals surface area contributed by atoms with E-state index in [9.17, 15) is 4.79 Å². The standard InChI is InChI=1S/C12H16N2O/c1-2-14-6-5-9-7-10(12(15)8-13)3-4-11(9)14/h3-4,7H,2,5-6,8,13H2,1H3. The second-order valence-corrected chi connectivity index (χ2v) is 3.80. The zero-order valence-electron chi connectivity index (χ0n) is 8.99. The highest BCUT2D eigenvalue weighted by molar-refractivity contribution is 5.98. The maximum absolute atomic E-state index is 11.4. The minimum atomic E-state index is 0.0211. The Morgan fingerprint density at radius 2 is 2.33 bits per heavy atom. The average Bonchev–Trinajstić information content (AvgIpc) is 2.69. The highest BCUT2D eigenvalue weighted by Gasteiger charge is 2.18. The Morgan fingerprint density at radius 1 is 1.53 bits per heavy atom. The Bertz CT molecular complexity index is 387. The third kappa shape index (κ3) is 1.75. The van der Waals surface area contributed by atoms with Crippen molar-refractivity contribution >= 4 is 11.5 Å². The molecule has 0 aromatic heterocycles. The number of carbonyl (C=O) groups is 1. The van der Waals surface area contributed by atoms with Gasteiger partial charge in [0.1, 0.15) is 0 Å². The molecule has 2 N–H and O–H groups in total. The summed E-state index contributed by atoms with van der Waals surface area (Å²) in [7, 11) is 0. The molecular formula is C12H16N2O. The van der Waals surface area contributed by atoms with Gasteiger partial charge in [-0.25, -0.2) is 0 Å². The average molecular weight is 204 g/mol. The number of fused-ring (bicyclic) bond motifs is 1. The van der Waals surface area contributed by atoms with E-state index in [-0.39, 0.29) is 12.3 Å². The first kappa shape index (κ1) is 10.2. The number of hydrogen-bond acceptors (Lipinski definition) is 3. The molecule has 0 saturated heterocycles. The maximum atomic E-state index is 11.4. The number of ketones is 1. The lowest BCUT2D eigenvalue weighted by Crippen LogP contribution is -2.19. The monoisotopic (exact) mass is 204 g/mol. The fourth-order valence-electron chi connectivity index (χ4n) is 2.09. The molecular weight excluding hydrogens is 188 g/mol. The lowest BCUT2D eigenvalue weighted by molar-refractivity contribution is 0.100. The Morgan fingerprint density at radius 3 is 3.00 bits per heavy atom. The van der Waals surface area contributed by atoms with Gasteiger partial charge in [0, 0.05) is 24.3 Å². The summed E-state index contributed by atoms with van der Waals surface area (Å²) in [4.78, 5) is 13.8. The summed E-state index contributed by atoms with van der Waals surface area (Å²) in [5.74, 6) is 0.0211. The molecule has 1 aromatic carbocycles. The molecule has 0 saturated carbocycles. The van der Waals surface area contributed by atoms with E-state index in [0.717, 1.165) is 25.1 Å². The van der Waals surface area contributed by atoms with Crippen LogP contribution in [0.1, 0.15) is 22.8 Å². The number of Topliss-reactive ketones (excluding diaryl/α,β-unsaturated/α-hetero) is 1. The quantitative estimate of drug-likeness (QED) is 0.753. The summed E-state index contributed by atoms with van der Waals surface area (Å²) in [6.45, 7) is 4.33. The second-order valence-electron chi connectivity index (χ2n) is 3.80. The summed E-state index contributed by atoms with van der Waals surface area (Å²) in [5.41, 5.74) is 8.63. The molecule has 0 bridgehead atoms. The molecule has 0 aliphatic carbocycles. The van der Waals surface area contributed by atoms with Crippen LogP contribution in [0.25, 0.3) is 0 Å². The van der Waals surface area contributed by atoms with Crippen molar-refractivity contribution in [1.29, 1.82) is 0 Å². The van der Waals surface area contributed by atoms with E-state index in [1.54, 1.807) is 0 Å². The molecule has 1 aromatic rings. The van der Waals surface area contributed by atoms with Crippen molar-refractivity contribution in [2.75, 3.05) is 24.5 Å². The summed E-state index contributed by atoms with van der Waals surface area (Å²) in [5, 5.41) is 0. The van der Waals surface area contributed by atoms with Gasteiger partial charge in [0.25, 0.3) is 0 Å².